The highest BCUT2D eigenvalue weighted by molar-refractivity contribution is 8.00. The third kappa shape index (κ3) is 5.02. The van der Waals surface area contributed by atoms with Crippen LogP contribution in [-0.2, 0) is 9.59 Å². The number of unbranched alkanes of at least 4 members (excludes halogenated alkanes) is 1. The van der Waals surface area contributed by atoms with E-state index in [0.29, 0.717) is 18.1 Å². The van der Waals surface area contributed by atoms with E-state index >= 15 is 0 Å². The number of carbonyl (C=O) groups is 3. The van der Waals surface area contributed by atoms with Crippen LogP contribution in [0, 0.1) is 0 Å². The average molecular weight is 343 g/mol. The normalized spacial score (nSPS) is 27.0. The topological polar surface area (TPSA) is 108 Å². The first-order chi connectivity index (χ1) is 11.0. The molecule has 2 aliphatic heterocycles. The van der Waals surface area contributed by atoms with Crippen LogP contribution in [0.3, 0.4) is 0 Å². The van der Waals surface area contributed by atoms with E-state index in [-0.39, 0.29) is 24.0 Å². The van der Waals surface area contributed by atoms with Crippen molar-refractivity contribution in [1.82, 2.24) is 16.0 Å². The number of urea groups is 1. The van der Waals surface area contributed by atoms with E-state index in [4.69, 9.17) is 5.11 Å². The van der Waals surface area contributed by atoms with Gasteiger partial charge in [-0.25, -0.2) is 9.59 Å². The van der Waals surface area contributed by atoms with E-state index in [0.717, 1.165) is 31.4 Å². The fourth-order valence-electron chi connectivity index (χ4n) is 3.09. The Hall–Kier alpha value is -1.44. The summed E-state index contributed by atoms with van der Waals surface area (Å²) in [6.45, 7) is 1.89. The second-order valence-corrected chi connectivity index (χ2v) is 7.39. The van der Waals surface area contributed by atoms with E-state index in [2.05, 4.69) is 16.0 Å². The number of hydrogen-bond acceptors (Lipinski definition) is 4. The molecule has 0 saturated carbocycles. The Bertz CT molecular complexity index is 460. The van der Waals surface area contributed by atoms with Gasteiger partial charge in [-0.3, -0.25) is 4.79 Å². The summed E-state index contributed by atoms with van der Waals surface area (Å²) in [5, 5.41) is 17.9. The highest BCUT2D eigenvalue weighted by Gasteiger charge is 2.42. The molecule has 0 bridgehead atoms. The predicted octanol–water partition coefficient (Wildman–Crippen LogP) is 1.08. The lowest BCUT2D eigenvalue weighted by atomic mass is 10.0. The monoisotopic (exact) mass is 343 g/mol. The van der Waals surface area contributed by atoms with Crippen LogP contribution >= 0.6 is 11.8 Å². The average Bonchev–Trinajstić information content (AvgIpc) is 3.02. The summed E-state index contributed by atoms with van der Waals surface area (Å²) in [4.78, 5) is 34.1. The van der Waals surface area contributed by atoms with Gasteiger partial charge in [0, 0.05) is 17.4 Å². The standard InChI is InChI=1S/C15H25N3O4S/c1-2-5-9(14(20)21)16-12(19)7-4-3-6-11-13-10(8-23-11)17-15(22)18-13/h9-11,13H,2-8H2,1H3,(H,16,19)(H,20,21)(H2,17,18,22). The minimum atomic E-state index is -0.974. The Morgan fingerprint density at radius 2 is 2.17 bits per heavy atom. The maximum absolute atomic E-state index is 11.8. The molecule has 2 aliphatic rings. The molecule has 0 aromatic rings. The Morgan fingerprint density at radius 1 is 1.39 bits per heavy atom. The van der Waals surface area contributed by atoms with Gasteiger partial charge in [0.15, 0.2) is 0 Å². The molecule has 0 aromatic heterocycles. The number of carbonyl (C=O) groups excluding carboxylic acids is 2. The van der Waals surface area contributed by atoms with Gasteiger partial charge in [0.25, 0.3) is 0 Å². The number of amides is 3. The Morgan fingerprint density at radius 3 is 2.87 bits per heavy atom. The summed E-state index contributed by atoms with van der Waals surface area (Å²) >= 11 is 1.86. The number of carboxylic acids is 1. The van der Waals surface area contributed by atoms with Crippen molar-refractivity contribution in [3.63, 3.8) is 0 Å². The largest absolute Gasteiger partial charge is 0.480 e. The maximum Gasteiger partial charge on any atom is 0.326 e. The molecule has 2 rings (SSSR count). The molecule has 7 nitrogen and oxygen atoms in total. The van der Waals surface area contributed by atoms with Gasteiger partial charge >= 0.3 is 12.0 Å². The Balaban J connectivity index is 1.62. The van der Waals surface area contributed by atoms with Crippen LogP contribution in [0.4, 0.5) is 4.79 Å². The zero-order valence-corrected chi connectivity index (χ0v) is 14.2. The summed E-state index contributed by atoms with van der Waals surface area (Å²) in [7, 11) is 0. The Kier molecular flexibility index (Phi) is 6.56. The highest BCUT2D eigenvalue weighted by Crippen LogP contribution is 2.33. The molecule has 0 spiro atoms. The van der Waals surface area contributed by atoms with Crippen LogP contribution in [0.25, 0.3) is 0 Å². The first-order valence-corrected chi connectivity index (χ1v) is 9.27. The summed E-state index contributed by atoms with van der Waals surface area (Å²) in [5.41, 5.74) is 0. The van der Waals surface area contributed by atoms with Gasteiger partial charge in [0.2, 0.25) is 5.91 Å². The number of rotatable bonds is 9. The molecular formula is C15H25N3O4S. The molecule has 4 atom stereocenters. The minimum Gasteiger partial charge on any atom is -0.480 e. The smallest absolute Gasteiger partial charge is 0.326 e. The summed E-state index contributed by atoms with van der Waals surface area (Å²) in [6, 6.07) is -0.438. The summed E-state index contributed by atoms with van der Waals surface area (Å²) < 4.78 is 0. The lowest BCUT2D eigenvalue weighted by Gasteiger charge is -2.16. The molecule has 0 aliphatic carbocycles. The zero-order chi connectivity index (χ0) is 16.8. The van der Waals surface area contributed by atoms with Crippen molar-refractivity contribution in [3.8, 4) is 0 Å². The first kappa shape index (κ1) is 17.9. The van der Waals surface area contributed by atoms with Crippen molar-refractivity contribution in [3.05, 3.63) is 0 Å². The van der Waals surface area contributed by atoms with Gasteiger partial charge in [0.05, 0.1) is 12.1 Å². The minimum absolute atomic E-state index is 0.0830. The number of carboxylic acid groups (broad SMARTS) is 1. The number of thioether (sulfide) groups is 1. The van der Waals surface area contributed by atoms with Crippen LogP contribution in [-0.4, -0.2) is 52.1 Å². The molecule has 3 amide bonds. The molecule has 4 N–H and O–H groups in total. The van der Waals surface area contributed by atoms with Crippen LogP contribution < -0.4 is 16.0 Å². The van der Waals surface area contributed by atoms with Crippen molar-refractivity contribution in [1.29, 1.82) is 0 Å². The molecule has 2 fully saturated rings. The molecule has 0 aromatic carbocycles. The van der Waals surface area contributed by atoms with Crippen molar-refractivity contribution in [2.75, 3.05) is 5.75 Å². The van der Waals surface area contributed by atoms with Crippen LogP contribution in [0.5, 0.6) is 0 Å². The summed E-state index contributed by atoms with van der Waals surface area (Å²) in [6.07, 6.45) is 4.12. The Labute approximate surface area is 140 Å². The van der Waals surface area contributed by atoms with Gasteiger partial charge in [-0.2, -0.15) is 11.8 Å². The number of aliphatic carboxylic acids is 1. The molecule has 2 saturated heterocycles. The van der Waals surface area contributed by atoms with Crippen molar-refractivity contribution in [2.45, 2.75) is 68.8 Å². The van der Waals surface area contributed by atoms with Gasteiger partial charge in [0.1, 0.15) is 6.04 Å². The van der Waals surface area contributed by atoms with E-state index in [1.54, 1.807) is 0 Å². The fourth-order valence-corrected chi connectivity index (χ4v) is 4.63. The SMILES string of the molecule is CCCC(NC(=O)CCCCC1SCC2NC(=O)NC21)C(=O)O. The number of hydrogen-bond donors (Lipinski definition) is 4. The van der Waals surface area contributed by atoms with Gasteiger partial charge in [-0.15, -0.1) is 0 Å². The molecule has 130 valence electrons. The van der Waals surface area contributed by atoms with E-state index in [1.807, 2.05) is 18.7 Å². The molecule has 4 unspecified atom stereocenters. The fraction of sp³-hybridized carbons (Fsp3) is 0.800. The number of fused-ring (bicyclic) bond motifs is 1. The van der Waals surface area contributed by atoms with Crippen LogP contribution in [0.1, 0.15) is 45.4 Å². The van der Waals surface area contributed by atoms with E-state index in [9.17, 15) is 14.4 Å². The summed E-state index contributed by atoms with van der Waals surface area (Å²) in [5.74, 6) is -0.233. The lowest BCUT2D eigenvalue weighted by molar-refractivity contribution is -0.142. The lowest BCUT2D eigenvalue weighted by Crippen LogP contribution is -2.40. The van der Waals surface area contributed by atoms with Crippen molar-refractivity contribution >= 4 is 29.7 Å². The van der Waals surface area contributed by atoms with E-state index < -0.39 is 12.0 Å². The first-order valence-electron chi connectivity index (χ1n) is 8.22. The van der Waals surface area contributed by atoms with Crippen molar-refractivity contribution in [2.24, 2.45) is 0 Å². The number of nitrogens with one attached hydrogen (secondary N) is 3. The van der Waals surface area contributed by atoms with E-state index in [1.165, 1.54) is 0 Å². The third-order valence-corrected chi connectivity index (χ3v) is 5.80. The second-order valence-electron chi connectivity index (χ2n) is 6.11. The van der Waals surface area contributed by atoms with Crippen LogP contribution in [0.2, 0.25) is 0 Å². The second kappa shape index (κ2) is 8.42. The van der Waals surface area contributed by atoms with Crippen molar-refractivity contribution < 1.29 is 19.5 Å². The predicted molar refractivity (Wildman–Crippen MR) is 88.4 cm³/mol. The van der Waals surface area contributed by atoms with Gasteiger partial charge in [-0.1, -0.05) is 19.8 Å². The quantitative estimate of drug-likeness (QED) is 0.370. The third-order valence-electron chi connectivity index (χ3n) is 4.29. The molecule has 23 heavy (non-hydrogen) atoms. The molecular weight excluding hydrogens is 318 g/mol. The van der Waals surface area contributed by atoms with Crippen LogP contribution in [0.15, 0.2) is 0 Å². The maximum atomic E-state index is 11.8. The van der Waals surface area contributed by atoms with Gasteiger partial charge < -0.3 is 21.1 Å². The molecule has 0 radical (unpaired) electrons. The zero-order valence-electron chi connectivity index (χ0n) is 13.3. The molecule has 8 heteroatoms. The highest BCUT2D eigenvalue weighted by atomic mass is 32.2. The molecule has 2 heterocycles. The van der Waals surface area contributed by atoms with Gasteiger partial charge in [-0.05, 0) is 19.3 Å².